The zero-order valence-corrected chi connectivity index (χ0v) is 18.9. The van der Waals surface area contributed by atoms with Crippen LogP contribution < -0.4 is 10.6 Å². The monoisotopic (exact) mass is 421 g/mol. The van der Waals surface area contributed by atoms with Crippen molar-refractivity contribution in [1.29, 1.82) is 0 Å². The molecule has 0 fully saturated rings. The maximum atomic E-state index is 12.3. The van der Waals surface area contributed by atoms with Gasteiger partial charge in [0.15, 0.2) is 0 Å². The predicted molar refractivity (Wildman–Crippen MR) is 123 cm³/mol. The van der Waals surface area contributed by atoms with Crippen molar-refractivity contribution in [3.8, 4) is 0 Å². The fraction of sp³-hybridized carbons (Fsp3) is 0.545. The standard InChI is InChI=1S/C22H35N3O3S/c1-5-8-9-14-23-22(27)24-19-17-18(11-13-21(26)28-4)10-12-20(19)29-16-15-25(6-2)7-3/h10-13,17H,5-9,14-16H2,1-4H3,(H2,23,24,27)/b13-11+. The number of nitrogens with one attached hydrogen (secondary N) is 2. The summed E-state index contributed by atoms with van der Waals surface area (Å²) in [5, 5.41) is 5.87. The number of unbranched alkanes of at least 4 members (excludes halogenated alkanes) is 2. The molecule has 0 bridgehead atoms. The first-order valence-corrected chi connectivity index (χ1v) is 11.3. The quantitative estimate of drug-likeness (QED) is 0.210. The van der Waals surface area contributed by atoms with Crippen molar-refractivity contribution in [2.75, 3.05) is 44.4 Å². The van der Waals surface area contributed by atoms with Crippen molar-refractivity contribution >= 4 is 35.5 Å². The van der Waals surface area contributed by atoms with Crippen molar-refractivity contribution in [1.82, 2.24) is 10.2 Å². The van der Waals surface area contributed by atoms with E-state index in [1.807, 2.05) is 18.2 Å². The van der Waals surface area contributed by atoms with Crippen LogP contribution in [0.15, 0.2) is 29.2 Å². The fourth-order valence-corrected chi connectivity index (χ4v) is 3.67. The Balaban J connectivity index is 2.84. The van der Waals surface area contributed by atoms with Crippen LogP contribution in [-0.4, -0.2) is 55.9 Å². The Bertz CT molecular complexity index is 661. The second-order valence-corrected chi connectivity index (χ2v) is 7.71. The van der Waals surface area contributed by atoms with Crippen LogP contribution in [-0.2, 0) is 9.53 Å². The number of esters is 1. The lowest BCUT2D eigenvalue weighted by Gasteiger charge is -2.18. The molecule has 1 aromatic rings. The average molecular weight is 422 g/mol. The van der Waals surface area contributed by atoms with Gasteiger partial charge in [-0.15, -0.1) is 11.8 Å². The first kappa shape index (κ1) is 25.0. The number of anilines is 1. The Morgan fingerprint density at radius 3 is 2.59 bits per heavy atom. The highest BCUT2D eigenvalue weighted by molar-refractivity contribution is 7.99. The summed E-state index contributed by atoms with van der Waals surface area (Å²) in [5.41, 5.74) is 1.57. The maximum absolute atomic E-state index is 12.3. The number of hydrogen-bond donors (Lipinski definition) is 2. The summed E-state index contributed by atoms with van der Waals surface area (Å²) in [6, 6.07) is 5.59. The number of rotatable bonds is 13. The molecule has 0 radical (unpaired) electrons. The van der Waals surface area contributed by atoms with Crippen molar-refractivity contribution in [3.05, 3.63) is 29.8 Å². The van der Waals surface area contributed by atoms with Crippen molar-refractivity contribution in [2.24, 2.45) is 0 Å². The summed E-state index contributed by atoms with van der Waals surface area (Å²) in [7, 11) is 1.35. The normalized spacial score (nSPS) is 11.1. The molecule has 0 aromatic heterocycles. The van der Waals surface area contributed by atoms with E-state index in [1.165, 1.54) is 13.2 Å². The van der Waals surface area contributed by atoms with E-state index >= 15 is 0 Å². The largest absolute Gasteiger partial charge is 0.466 e. The topological polar surface area (TPSA) is 70.7 Å². The van der Waals surface area contributed by atoms with E-state index in [1.54, 1.807) is 17.8 Å². The van der Waals surface area contributed by atoms with Gasteiger partial charge in [-0.25, -0.2) is 9.59 Å². The summed E-state index contributed by atoms with van der Waals surface area (Å²) < 4.78 is 4.64. The van der Waals surface area contributed by atoms with Gasteiger partial charge in [-0.1, -0.05) is 39.7 Å². The van der Waals surface area contributed by atoms with Gasteiger partial charge in [0.1, 0.15) is 0 Å². The molecule has 0 spiro atoms. The fourth-order valence-electron chi connectivity index (χ4n) is 2.68. The van der Waals surface area contributed by atoms with Crippen LogP contribution in [0.5, 0.6) is 0 Å². The lowest BCUT2D eigenvalue weighted by atomic mass is 10.2. The molecule has 0 heterocycles. The molecule has 0 unspecified atom stereocenters. The lowest BCUT2D eigenvalue weighted by molar-refractivity contribution is -0.134. The highest BCUT2D eigenvalue weighted by atomic mass is 32.2. The Hall–Kier alpha value is -1.99. The van der Waals surface area contributed by atoms with E-state index < -0.39 is 5.97 Å². The molecule has 2 N–H and O–H groups in total. The number of thioether (sulfide) groups is 1. The van der Waals surface area contributed by atoms with Gasteiger partial charge in [0.05, 0.1) is 12.8 Å². The van der Waals surface area contributed by atoms with Crippen LogP contribution in [0.3, 0.4) is 0 Å². The van der Waals surface area contributed by atoms with Gasteiger partial charge in [0.25, 0.3) is 0 Å². The number of hydrogen-bond acceptors (Lipinski definition) is 5. The summed E-state index contributed by atoms with van der Waals surface area (Å²) in [6.07, 6.45) is 6.24. The zero-order valence-electron chi connectivity index (χ0n) is 18.1. The van der Waals surface area contributed by atoms with E-state index in [9.17, 15) is 9.59 Å². The molecule has 1 rings (SSSR count). The maximum Gasteiger partial charge on any atom is 0.330 e. The van der Waals surface area contributed by atoms with Crippen LogP contribution in [0.1, 0.15) is 45.6 Å². The molecule has 0 aliphatic heterocycles. The molecule has 162 valence electrons. The van der Waals surface area contributed by atoms with E-state index in [4.69, 9.17) is 0 Å². The summed E-state index contributed by atoms with van der Waals surface area (Å²) in [4.78, 5) is 27.0. The third-order valence-electron chi connectivity index (χ3n) is 4.49. The van der Waals surface area contributed by atoms with Crippen LogP contribution in [0.2, 0.25) is 0 Å². The number of amides is 2. The molecule has 0 saturated carbocycles. The summed E-state index contributed by atoms with van der Waals surface area (Å²) in [5.74, 6) is 0.525. The second-order valence-electron chi connectivity index (χ2n) is 6.58. The predicted octanol–water partition coefficient (Wildman–Crippen LogP) is 4.62. The van der Waals surface area contributed by atoms with Gasteiger partial charge in [-0.3, -0.25) is 0 Å². The average Bonchev–Trinajstić information content (AvgIpc) is 2.73. The van der Waals surface area contributed by atoms with Crippen LogP contribution in [0.25, 0.3) is 6.08 Å². The number of urea groups is 1. The van der Waals surface area contributed by atoms with Crippen molar-refractivity contribution in [2.45, 2.75) is 44.9 Å². The Labute approximate surface area is 179 Å². The molecule has 7 heteroatoms. The minimum Gasteiger partial charge on any atom is -0.466 e. The molecular formula is C22H35N3O3S. The van der Waals surface area contributed by atoms with Crippen LogP contribution >= 0.6 is 11.8 Å². The summed E-state index contributed by atoms with van der Waals surface area (Å²) in [6.45, 7) is 10.2. The first-order chi connectivity index (χ1) is 14.0. The Morgan fingerprint density at radius 1 is 1.17 bits per heavy atom. The minimum absolute atomic E-state index is 0.208. The third kappa shape index (κ3) is 10.4. The minimum atomic E-state index is -0.411. The van der Waals surface area contributed by atoms with Crippen molar-refractivity contribution < 1.29 is 14.3 Å². The smallest absolute Gasteiger partial charge is 0.330 e. The SMILES string of the molecule is CCCCCNC(=O)Nc1cc(/C=C/C(=O)OC)ccc1SCCN(CC)CC. The van der Waals surface area contributed by atoms with Gasteiger partial charge in [0.2, 0.25) is 0 Å². The molecule has 2 amide bonds. The van der Waals surface area contributed by atoms with Gasteiger partial charge in [-0.2, -0.15) is 0 Å². The van der Waals surface area contributed by atoms with E-state index in [2.05, 4.69) is 41.0 Å². The molecule has 1 aromatic carbocycles. The molecule has 29 heavy (non-hydrogen) atoms. The molecule has 0 aliphatic rings. The zero-order chi connectivity index (χ0) is 21.5. The first-order valence-electron chi connectivity index (χ1n) is 10.3. The van der Waals surface area contributed by atoms with Gasteiger partial charge < -0.3 is 20.3 Å². The highest BCUT2D eigenvalue weighted by Crippen LogP contribution is 2.29. The molecule has 0 atom stereocenters. The molecule has 0 saturated heterocycles. The molecule has 0 aliphatic carbocycles. The number of carbonyl (C=O) groups is 2. The summed E-state index contributed by atoms with van der Waals surface area (Å²) >= 11 is 1.72. The second kappa shape index (κ2) is 14.9. The number of ether oxygens (including phenoxy) is 1. The van der Waals surface area contributed by atoms with E-state index in [0.29, 0.717) is 6.54 Å². The highest BCUT2D eigenvalue weighted by Gasteiger charge is 2.09. The Morgan fingerprint density at radius 2 is 1.93 bits per heavy atom. The van der Waals surface area contributed by atoms with E-state index in [0.717, 1.165) is 60.8 Å². The molecule has 6 nitrogen and oxygen atoms in total. The number of carbonyl (C=O) groups excluding carboxylic acids is 2. The van der Waals surface area contributed by atoms with E-state index in [-0.39, 0.29) is 6.03 Å². The van der Waals surface area contributed by atoms with Crippen molar-refractivity contribution in [3.63, 3.8) is 0 Å². The van der Waals surface area contributed by atoms with Gasteiger partial charge in [0, 0.05) is 29.8 Å². The third-order valence-corrected chi connectivity index (χ3v) is 5.54. The number of nitrogens with zero attached hydrogens (tertiary/aromatic N) is 1. The lowest BCUT2D eigenvalue weighted by Crippen LogP contribution is -2.29. The Kier molecular flexibility index (Phi) is 12.9. The van der Waals surface area contributed by atoms with Crippen LogP contribution in [0.4, 0.5) is 10.5 Å². The number of methoxy groups -OCH3 is 1. The van der Waals surface area contributed by atoms with Gasteiger partial charge in [-0.05, 0) is 43.3 Å². The molecular weight excluding hydrogens is 386 g/mol. The van der Waals surface area contributed by atoms with Crippen LogP contribution in [0, 0.1) is 0 Å². The van der Waals surface area contributed by atoms with Gasteiger partial charge >= 0.3 is 12.0 Å². The number of benzene rings is 1.